The summed E-state index contributed by atoms with van der Waals surface area (Å²) < 4.78 is 11.6. The molecule has 288 valence electrons. The van der Waals surface area contributed by atoms with Crippen LogP contribution in [0.2, 0.25) is 0 Å². The fourth-order valence-corrected chi connectivity index (χ4v) is 11.3. The summed E-state index contributed by atoms with van der Waals surface area (Å²) in [5.41, 5.74) is 16.4. The van der Waals surface area contributed by atoms with E-state index < -0.39 is 5.41 Å². The summed E-state index contributed by atoms with van der Waals surface area (Å²) in [5.74, 6) is 1.80. The summed E-state index contributed by atoms with van der Waals surface area (Å²) in [6.07, 6.45) is 0. The van der Waals surface area contributed by atoms with Gasteiger partial charge in [0.15, 0.2) is 0 Å². The van der Waals surface area contributed by atoms with Crippen molar-refractivity contribution in [2.24, 2.45) is 0 Å². The van der Waals surface area contributed by atoms with E-state index in [2.05, 4.69) is 228 Å². The molecule has 12 aromatic rings. The number of aromatic nitrogens is 2. The molecule has 0 radical (unpaired) electrons. The van der Waals surface area contributed by atoms with Gasteiger partial charge in [0.25, 0.3) is 0 Å². The number of nitrogens with zero attached hydrogens (tertiary/aromatic N) is 2. The van der Waals surface area contributed by atoms with Crippen LogP contribution in [0.5, 0.6) is 11.5 Å². The molecule has 1 aliphatic heterocycles. The molecule has 3 heteroatoms. The average Bonchev–Trinajstić information content (AvgIpc) is 3.94. The van der Waals surface area contributed by atoms with Crippen molar-refractivity contribution in [3.63, 3.8) is 0 Å². The van der Waals surface area contributed by atoms with Gasteiger partial charge < -0.3 is 13.9 Å². The minimum atomic E-state index is -0.555. The minimum absolute atomic E-state index is 0.555. The van der Waals surface area contributed by atoms with Gasteiger partial charge in [-0.1, -0.05) is 152 Å². The standard InChI is InChI=1S/C59H36N2O/c1-2-16-38(17-3-1)60-52-26-12-7-21-43(52)46-34-37(30-32-55(46)60)39-31-33-54(42-20-5-4-18-40(39)42)61-53-27-13-8-22-44(53)47-35-45-41-19-6-9-23-48(41)59(51(45)36-56(47)61)49-24-10-14-28-57(49)62-58-29-15-11-25-50(58)59/h1-36H. The summed E-state index contributed by atoms with van der Waals surface area (Å²) in [4.78, 5) is 0. The Balaban J connectivity index is 1.03. The lowest BCUT2D eigenvalue weighted by molar-refractivity contribution is 0.436. The van der Waals surface area contributed by atoms with Gasteiger partial charge in [-0.2, -0.15) is 0 Å². The van der Waals surface area contributed by atoms with Gasteiger partial charge in [0.2, 0.25) is 0 Å². The largest absolute Gasteiger partial charge is 0.457 e. The number of rotatable bonds is 3. The van der Waals surface area contributed by atoms with E-state index in [1.54, 1.807) is 0 Å². The molecule has 10 aromatic carbocycles. The van der Waals surface area contributed by atoms with E-state index >= 15 is 0 Å². The molecule has 0 unspecified atom stereocenters. The van der Waals surface area contributed by atoms with Gasteiger partial charge in [-0.15, -0.1) is 0 Å². The maximum Gasteiger partial charge on any atom is 0.132 e. The summed E-state index contributed by atoms with van der Waals surface area (Å²) in [7, 11) is 0. The summed E-state index contributed by atoms with van der Waals surface area (Å²) >= 11 is 0. The van der Waals surface area contributed by atoms with Crippen LogP contribution >= 0.6 is 0 Å². The molecule has 0 fully saturated rings. The Morgan fingerprint density at radius 1 is 0.306 bits per heavy atom. The lowest BCUT2D eigenvalue weighted by Crippen LogP contribution is -2.32. The van der Waals surface area contributed by atoms with E-state index in [1.807, 2.05) is 0 Å². The molecule has 2 aromatic heterocycles. The number of para-hydroxylation sites is 5. The Morgan fingerprint density at radius 3 is 1.61 bits per heavy atom. The molecule has 3 nitrogen and oxygen atoms in total. The third-order valence-electron chi connectivity index (χ3n) is 13.8. The molecular weight excluding hydrogens is 753 g/mol. The van der Waals surface area contributed by atoms with Crippen molar-refractivity contribution in [3.05, 3.63) is 241 Å². The normalized spacial score (nSPS) is 13.4. The molecule has 2 aliphatic rings. The van der Waals surface area contributed by atoms with Crippen LogP contribution in [0.25, 0.3) is 88.0 Å². The molecule has 1 aliphatic carbocycles. The quantitative estimate of drug-likeness (QED) is 0.174. The second-order valence-electron chi connectivity index (χ2n) is 16.8. The predicted molar refractivity (Wildman–Crippen MR) is 255 cm³/mol. The van der Waals surface area contributed by atoms with E-state index in [9.17, 15) is 0 Å². The van der Waals surface area contributed by atoms with E-state index in [1.165, 1.54) is 98.9 Å². The monoisotopic (exact) mass is 788 g/mol. The molecule has 0 amide bonds. The third-order valence-corrected chi connectivity index (χ3v) is 13.8. The number of hydrogen-bond donors (Lipinski definition) is 0. The number of hydrogen-bond acceptors (Lipinski definition) is 1. The number of benzene rings is 10. The second-order valence-corrected chi connectivity index (χ2v) is 16.8. The van der Waals surface area contributed by atoms with E-state index in [0.717, 1.165) is 22.9 Å². The minimum Gasteiger partial charge on any atom is -0.457 e. The maximum absolute atomic E-state index is 6.68. The zero-order chi connectivity index (χ0) is 40.5. The van der Waals surface area contributed by atoms with Crippen molar-refractivity contribution < 1.29 is 4.74 Å². The fourth-order valence-electron chi connectivity index (χ4n) is 11.3. The highest BCUT2D eigenvalue weighted by atomic mass is 16.5. The Morgan fingerprint density at radius 2 is 0.871 bits per heavy atom. The first-order chi connectivity index (χ1) is 30.8. The SMILES string of the molecule is c1ccc(-n2c3ccccc3c3cc(-c4ccc(-n5c6ccccc6c6cc7c(cc65)C5(c6ccccc6Oc6ccccc65)c5ccccc5-7)c5ccccc45)ccc32)cc1. The number of fused-ring (bicyclic) bond motifs is 16. The van der Waals surface area contributed by atoms with E-state index in [4.69, 9.17) is 4.74 Å². The molecule has 0 N–H and O–H groups in total. The van der Waals surface area contributed by atoms with Crippen molar-refractivity contribution in [3.8, 4) is 45.1 Å². The maximum atomic E-state index is 6.68. The second kappa shape index (κ2) is 12.4. The molecule has 62 heavy (non-hydrogen) atoms. The van der Waals surface area contributed by atoms with Crippen molar-refractivity contribution in [2.75, 3.05) is 0 Å². The Hall–Kier alpha value is -8.14. The van der Waals surface area contributed by atoms with Crippen LogP contribution < -0.4 is 4.74 Å². The average molecular weight is 789 g/mol. The predicted octanol–water partition coefficient (Wildman–Crippen LogP) is 15.2. The van der Waals surface area contributed by atoms with Gasteiger partial charge in [0, 0.05) is 43.7 Å². The van der Waals surface area contributed by atoms with Crippen molar-refractivity contribution in [2.45, 2.75) is 5.41 Å². The molecule has 0 atom stereocenters. The van der Waals surface area contributed by atoms with Gasteiger partial charge in [-0.3, -0.25) is 0 Å². The lowest BCUT2D eigenvalue weighted by Gasteiger charge is -2.39. The number of ether oxygens (including phenoxy) is 1. The van der Waals surface area contributed by atoms with Crippen molar-refractivity contribution >= 4 is 54.4 Å². The molecule has 1 spiro atoms. The third kappa shape index (κ3) is 4.34. The van der Waals surface area contributed by atoms with Crippen LogP contribution in [-0.4, -0.2) is 9.13 Å². The summed E-state index contributed by atoms with van der Waals surface area (Å²) in [5, 5.41) is 7.41. The first kappa shape index (κ1) is 33.7. The van der Waals surface area contributed by atoms with Gasteiger partial charge in [-0.25, -0.2) is 0 Å². The van der Waals surface area contributed by atoms with Crippen molar-refractivity contribution in [1.29, 1.82) is 0 Å². The Kier molecular flexibility index (Phi) is 6.76. The molecule has 0 bridgehead atoms. The Labute approximate surface area is 357 Å². The van der Waals surface area contributed by atoms with Crippen LogP contribution in [0.3, 0.4) is 0 Å². The first-order valence-corrected chi connectivity index (χ1v) is 21.4. The van der Waals surface area contributed by atoms with E-state index in [-0.39, 0.29) is 0 Å². The highest BCUT2D eigenvalue weighted by Crippen LogP contribution is 2.62. The highest BCUT2D eigenvalue weighted by molar-refractivity contribution is 6.15. The van der Waals surface area contributed by atoms with Gasteiger partial charge in [0.05, 0.1) is 33.2 Å². The van der Waals surface area contributed by atoms with Gasteiger partial charge in [-0.05, 0) is 105 Å². The topological polar surface area (TPSA) is 19.1 Å². The van der Waals surface area contributed by atoms with Crippen molar-refractivity contribution in [1.82, 2.24) is 9.13 Å². The van der Waals surface area contributed by atoms with Crippen LogP contribution in [0.1, 0.15) is 22.3 Å². The molecule has 3 heterocycles. The van der Waals surface area contributed by atoms with Crippen LogP contribution in [0.15, 0.2) is 218 Å². The Bertz CT molecular complexity index is 3800. The van der Waals surface area contributed by atoms with Crippen LogP contribution in [0.4, 0.5) is 0 Å². The smallest absolute Gasteiger partial charge is 0.132 e. The zero-order valence-corrected chi connectivity index (χ0v) is 33.6. The molecule has 0 saturated heterocycles. The van der Waals surface area contributed by atoms with Crippen LogP contribution in [0, 0.1) is 0 Å². The summed E-state index contributed by atoms with van der Waals surface area (Å²) in [6, 6.07) is 80.2. The molecule has 0 saturated carbocycles. The van der Waals surface area contributed by atoms with E-state index in [0.29, 0.717) is 0 Å². The zero-order valence-electron chi connectivity index (χ0n) is 33.6. The van der Waals surface area contributed by atoms with Crippen LogP contribution in [-0.2, 0) is 5.41 Å². The first-order valence-electron chi connectivity index (χ1n) is 21.4. The lowest BCUT2D eigenvalue weighted by atomic mass is 9.66. The highest BCUT2D eigenvalue weighted by Gasteiger charge is 2.51. The molecule has 14 rings (SSSR count). The van der Waals surface area contributed by atoms with Gasteiger partial charge >= 0.3 is 0 Å². The molecular formula is C59H36N2O. The summed E-state index contributed by atoms with van der Waals surface area (Å²) in [6.45, 7) is 0. The fraction of sp³-hybridized carbons (Fsp3) is 0.0169. The van der Waals surface area contributed by atoms with Gasteiger partial charge in [0.1, 0.15) is 11.5 Å².